The lowest BCUT2D eigenvalue weighted by atomic mass is 10.0. The molecule has 1 rings (SSSR count). The van der Waals surface area contributed by atoms with Crippen molar-refractivity contribution < 1.29 is 4.79 Å². The van der Waals surface area contributed by atoms with Gasteiger partial charge in [0.25, 0.3) is 0 Å². The zero-order chi connectivity index (χ0) is 12.1. The van der Waals surface area contributed by atoms with E-state index in [1.807, 2.05) is 38.1 Å². The molecule has 0 radical (unpaired) electrons. The molecule has 0 aliphatic carbocycles. The molecule has 0 bridgehead atoms. The molecule has 0 aliphatic heterocycles. The molecule has 86 valence electrons. The number of nitrogen functional groups attached to an aromatic ring is 1. The van der Waals surface area contributed by atoms with Crippen molar-refractivity contribution in [3.63, 3.8) is 0 Å². The molecule has 3 heteroatoms. The maximum absolute atomic E-state index is 10.7. The summed E-state index contributed by atoms with van der Waals surface area (Å²) in [6, 6.07) is 3.89. The van der Waals surface area contributed by atoms with Crippen LogP contribution in [0.4, 0.5) is 5.69 Å². The van der Waals surface area contributed by atoms with E-state index >= 15 is 0 Å². The van der Waals surface area contributed by atoms with Gasteiger partial charge in [0, 0.05) is 19.2 Å². The molecule has 3 nitrogen and oxygen atoms in total. The summed E-state index contributed by atoms with van der Waals surface area (Å²) in [5.74, 6) is -0.0186. The minimum absolute atomic E-state index is 0.0186. The van der Waals surface area contributed by atoms with Gasteiger partial charge in [-0.1, -0.05) is 18.2 Å². The molecule has 0 saturated carbocycles. The second-order valence-electron chi connectivity index (χ2n) is 3.83. The zero-order valence-corrected chi connectivity index (χ0v) is 10.0. The summed E-state index contributed by atoms with van der Waals surface area (Å²) >= 11 is 0. The molecule has 1 aromatic rings. The molecular weight excluding hydrogens is 200 g/mol. The number of rotatable bonds is 3. The van der Waals surface area contributed by atoms with Crippen LogP contribution in [0.15, 0.2) is 18.2 Å². The number of hydrogen-bond donors (Lipinski definition) is 2. The van der Waals surface area contributed by atoms with Gasteiger partial charge in [-0.15, -0.1) is 0 Å². The van der Waals surface area contributed by atoms with Gasteiger partial charge >= 0.3 is 0 Å². The lowest BCUT2D eigenvalue weighted by molar-refractivity contribution is -0.118. The van der Waals surface area contributed by atoms with Gasteiger partial charge < -0.3 is 11.1 Å². The van der Waals surface area contributed by atoms with Gasteiger partial charge in [0.15, 0.2) is 0 Å². The van der Waals surface area contributed by atoms with Gasteiger partial charge in [-0.25, -0.2) is 0 Å². The van der Waals surface area contributed by atoms with Gasteiger partial charge in [0.2, 0.25) is 5.91 Å². The standard InChI is InChI=1S/C13H18N2O/c1-9-10(2)13(14)7-6-12(9)5-4-8-15-11(3)16/h4-7H,8,14H2,1-3H3,(H,15,16). The molecule has 0 unspecified atom stereocenters. The highest BCUT2D eigenvalue weighted by Crippen LogP contribution is 2.20. The van der Waals surface area contributed by atoms with Crippen LogP contribution < -0.4 is 11.1 Å². The first kappa shape index (κ1) is 12.3. The number of carbonyl (C=O) groups is 1. The molecule has 0 fully saturated rings. The maximum atomic E-state index is 10.7. The molecule has 0 aliphatic rings. The number of hydrogen-bond acceptors (Lipinski definition) is 2. The molecule has 0 atom stereocenters. The van der Waals surface area contributed by atoms with Gasteiger partial charge in [-0.2, -0.15) is 0 Å². The molecule has 1 amide bonds. The largest absolute Gasteiger partial charge is 0.399 e. The Morgan fingerprint density at radius 1 is 1.38 bits per heavy atom. The van der Waals surface area contributed by atoms with E-state index in [1.165, 1.54) is 12.5 Å². The Morgan fingerprint density at radius 3 is 2.69 bits per heavy atom. The number of nitrogens with two attached hydrogens (primary N) is 1. The van der Waals surface area contributed by atoms with E-state index in [2.05, 4.69) is 5.32 Å². The number of amides is 1. The van der Waals surface area contributed by atoms with E-state index in [1.54, 1.807) is 0 Å². The van der Waals surface area contributed by atoms with E-state index in [4.69, 9.17) is 5.73 Å². The first-order chi connectivity index (χ1) is 7.52. The van der Waals surface area contributed by atoms with Crippen molar-refractivity contribution in [1.29, 1.82) is 0 Å². The monoisotopic (exact) mass is 218 g/mol. The summed E-state index contributed by atoms with van der Waals surface area (Å²) in [5, 5.41) is 2.71. The number of carbonyl (C=O) groups excluding carboxylic acids is 1. The normalized spacial score (nSPS) is 10.7. The van der Waals surface area contributed by atoms with Crippen LogP contribution in [0.1, 0.15) is 23.6 Å². The van der Waals surface area contributed by atoms with Crippen molar-refractivity contribution in [1.82, 2.24) is 5.32 Å². The second-order valence-corrected chi connectivity index (χ2v) is 3.83. The first-order valence-electron chi connectivity index (χ1n) is 5.29. The average molecular weight is 218 g/mol. The number of benzene rings is 1. The number of nitrogens with one attached hydrogen (secondary N) is 1. The highest BCUT2D eigenvalue weighted by molar-refractivity contribution is 5.73. The summed E-state index contributed by atoms with van der Waals surface area (Å²) in [7, 11) is 0. The summed E-state index contributed by atoms with van der Waals surface area (Å²) in [4.78, 5) is 10.7. The SMILES string of the molecule is CC(=O)NCC=Cc1ccc(N)c(C)c1C. The van der Waals surface area contributed by atoms with Crippen molar-refractivity contribution in [3.8, 4) is 0 Å². The molecule has 1 aromatic carbocycles. The highest BCUT2D eigenvalue weighted by atomic mass is 16.1. The van der Waals surface area contributed by atoms with Crippen molar-refractivity contribution in [2.45, 2.75) is 20.8 Å². The fraction of sp³-hybridized carbons (Fsp3) is 0.308. The predicted octanol–water partition coefficient (Wildman–Crippen LogP) is 2.03. The van der Waals surface area contributed by atoms with Gasteiger partial charge in [-0.3, -0.25) is 4.79 Å². The second kappa shape index (κ2) is 5.35. The Labute approximate surface area is 96.3 Å². The topological polar surface area (TPSA) is 55.1 Å². The Hall–Kier alpha value is -1.77. The summed E-state index contributed by atoms with van der Waals surface area (Å²) in [5.41, 5.74) is 10.0. The number of anilines is 1. The van der Waals surface area contributed by atoms with Crippen molar-refractivity contribution >= 4 is 17.7 Å². The van der Waals surface area contributed by atoms with Gasteiger partial charge in [0.05, 0.1) is 0 Å². The fourth-order valence-corrected chi connectivity index (χ4v) is 1.43. The van der Waals surface area contributed by atoms with Crippen molar-refractivity contribution in [2.24, 2.45) is 0 Å². The summed E-state index contributed by atoms with van der Waals surface area (Å²) < 4.78 is 0. The quantitative estimate of drug-likeness (QED) is 0.763. The summed E-state index contributed by atoms with van der Waals surface area (Å²) in [6.07, 6.45) is 3.93. The molecular formula is C13H18N2O. The minimum Gasteiger partial charge on any atom is -0.399 e. The predicted molar refractivity (Wildman–Crippen MR) is 68.0 cm³/mol. The van der Waals surface area contributed by atoms with Crippen LogP contribution in [0.3, 0.4) is 0 Å². The lowest BCUT2D eigenvalue weighted by Crippen LogP contribution is -2.19. The molecule has 0 aromatic heterocycles. The molecule has 0 saturated heterocycles. The van der Waals surface area contributed by atoms with Crippen molar-refractivity contribution in [2.75, 3.05) is 12.3 Å². The van der Waals surface area contributed by atoms with Crippen molar-refractivity contribution in [3.05, 3.63) is 34.9 Å². The first-order valence-corrected chi connectivity index (χ1v) is 5.29. The van der Waals surface area contributed by atoms with Crippen LogP contribution in [0.25, 0.3) is 6.08 Å². The third-order valence-corrected chi connectivity index (χ3v) is 2.64. The molecule has 16 heavy (non-hydrogen) atoms. The smallest absolute Gasteiger partial charge is 0.217 e. The van der Waals surface area contributed by atoms with Crippen LogP contribution in [0.5, 0.6) is 0 Å². The van der Waals surface area contributed by atoms with Crippen LogP contribution in [-0.2, 0) is 4.79 Å². The highest BCUT2D eigenvalue weighted by Gasteiger charge is 2.00. The van der Waals surface area contributed by atoms with E-state index in [-0.39, 0.29) is 5.91 Å². The van der Waals surface area contributed by atoms with Crippen LogP contribution >= 0.6 is 0 Å². The van der Waals surface area contributed by atoms with E-state index in [0.29, 0.717) is 6.54 Å². The Balaban J connectivity index is 2.74. The molecule has 0 spiro atoms. The van der Waals surface area contributed by atoms with E-state index in [0.717, 1.165) is 16.8 Å². The van der Waals surface area contributed by atoms with E-state index < -0.39 is 0 Å². The minimum atomic E-state index is -0.0186. The van der Waals surface area contributed by atoms with Gasteiger partial charge in [-0.05, 0) is 36.6 Å². The maximum Gasteiger partial charge on any atom is 0.217 e. The third kappa shape index (κ3) is 3.12. The molecule has 3 N–H and O–H groups in total. The average Bonchev–Trinajstić information content (AvgIpc) is 2.23. The van der Waals surface area contributed by atoms with Crippen LogP contribution in [-0.4, -0.2) is 12.5 Å². The summed E-state index contributed by atoms with van der Waals surface area (Å²) in [6.45, 7) is 6.12. The zero-order valence-electron chi connectivity index (χ0n) is 10.0. The van der Waals surface area contributed by atoms with E-state index in [9.17, 15) is 4.79 Å². The molecule has 0 heterocycles. The third-order valence-electron chi connectivity index (χ3n) is 2.64. The van der Waals surface area contributed by atoms with Gasteiger partial charge in [0.1, 0.15) is 0 Å². The Kier molecular flexibility index (Phi) is 4.11. The Morgan fingerprint density at radius 2 is 2.06 bits per heavy atom. The Bertz CT molecular complexity index is 422. The lowest BCUT2D eigenvalue weighted by Gasteiger charge is -2.07. The van der Waals surface area contributed by atoms with Crippen LogP contribution in [0.2, 0.25) is 0 Å². The fourth-order valence-electron chi connectivity index (χ4n) is 1.43. The van der Waals surface area contributed by atoms with Crippen LogP contribution in [0, 0.1) is 13.8 Å².